The summed E-state index contributed by atoms with van der Waals surface area (Å²) in [4.78, 5) is 20.3. The summed E-state index contributed by atoms with van der Waals surface area (Å²) in [5.41, 5.74) is 16.4. The Morgan fingerprint density at radius 1 is 0.354 bits per heavy atom. The number of pyridine rings is 4. The minimum atomic E-state index is 0.234. The highest BCUT2D eigenvalue weighted by atomic mass is 16.6. The number of fused-ring (bicyclic) bond motifs is 6. The molecule has 12 nitrogen and oxygen atoms in total. The molecule has 1 N–H and O–H groups in total. The van der Waals surface area contributed by atoms with E-state index in [0.29, 0.717) is 64.4 Å². The lowest BCUT2D eigenvalue weighted by molar-refractivity contribution is 0.0746. The second kappa shape index (κ2) is 22.5. The van der Waals surface area contributed by atoms with Crippen molar-refractivity contribution >= 4 is 43.6 Å². The van der Waals surface area contributed by atoms with E-state index in [9.17, 15) is 5.11 Å². The number of phenols is 1. The van der Waals surface area contributed by atoms with Crippen molar-refractivity contribution in [1.29, 1.82) is 0 Å². The number of ether oxygens (including phenoxy) is 7. The van der Waals surface area contributed by atoms with Crippen LogP contribution in [0.2, 0.25) is 0 Å². The smallest absolute Gasteiger partial charge is 0.123 e. The minimum absolute atomic E-state index is 0.234. The molecule has 12 bridgehead atoms. The molecule has 0 spiro atoms. The molecule has 17 rings (SSSR count). The average molecular weight is 1050 g/mol. The molecular formula is C67H58N4O8. The normalized spacial score (nSPS) is 13.6. The summed E-state index contributed by atoms with van der Waals surface area (Å²) >= 11 is 0. The first-order valence-corrected chi connectivity index (χ1v) is 26.6. The molecule has 6 aliphatic rings. The van der Waals surface area contributed by atoms with Crippen LogP contribution in [-0.2, 0) is 16.1 Å². The second-order valence-corrected chi connectivity index (χ2v) is 19.7. The van der Waals surface area contributed by atoms with E-state index in [-0.39, 0.29) is 12.4 Å². The van der Waals surface area contributed by atoms with Gasteiger partial charge in [0.05, 0.1) is 48.5 Å². The Morgan fingerprint density at radius 3 is 1.03 bits per heavy atom. The summed E-state index contributed by atoms with van der Waals surface area (Å²) in [7, 11) is 0. The number of benzene rings is 7. The molecule has 0 fully saturated rings. The lowest BCUT2D eigenvalue weighted by Gasteiger charge is -2.14. The maximum atomic E-state index is 9.82. The molecule has 0 saturated carbocycles. The van der Waals surface area contributed by atoms with Gasteiger partial charge in [-0.15, -0.1) is 0 Å². The molecule has 10 heterocycles. The van der Waals surface area contributed by atoms with Crippen molar-refractivity contribution in [3.63, 3.8) is 0 Å². The van der Waals surface area contributed by atoms with Crippen LogP contribution in [0.3, 0.4) is 0 Å². The zero-order valence-corrected chi connectivity index (χ0v) is 44.5. The maximum Gasteiger partial charge on any atom is 0.123 e. The molecule has 0 saturated heterocycles. The van der Waals surface area contributed by atoms with Gasteiger partial charge in [-0.2, -0.15) is 0 Å². The second-order valence-electron chi connectivity index (χ2n) is 19.7. The third kappa shape index (κ3) is 11.2. The summed E-state index contributed by atoms with van der Waals surface area (Å²) in [5, 5.41) is 13.9. The number of aromatic nitrogens is 4. The molecule has 0 radical (unpaired) electrons. The number of rotatable bonds is 5. The van der Waals surface area contributed by atoms with E-state index in [4.69, 9.17) is 53.1 Å². The molecule has 0 atom stereocenters. The largest absolute Gasteiger partial charge is 0.508 e. The fourth-order valence-electron chi connectivity index (χ4n) is 10.2. The summed E-state index contributed by atoms with van der Waals surface area (Å²) in [6.45, 7) is 11.4. The van der Waals surface area contributed by atoms with Crippen LogP contribution in [0, 0.1) is 27.7 Å². The number of hydrogen-bond donors (Lipinski definition) is 1. The number of nitrogens with zero attached hydrogens (tertiary/aromatic N) is 4. The van der Waals surface area contributed by atoms with Crippen LogP contribution in [0.15, 0.2) is 164 Å². The van der Waals surface area contributed by atoms with Crippen molar-refractivity contribution in [3.05, 3.63) is 192 Å². The van der Waals surface area contributed by atoms with Crippen LogP contribution in [0.5, 0.6) is 34.5 Å². The van der Waals surface area contributed by atoms with Crippen molar-refractivity contribution in [3.8, 4) is 79.0 Å². The van der Waals surface area contributed by atoms with E-state index >= 15 is 0 Å². The van der Waals surface area contributed by atoms with Gasteiger partial charge in [-0.25, -0.2) is 0 Å². The van der Waals surface area contributed by atoms with Crippen LogP contribution in [0.4, 0.5) is 0 Å². The van der Waals surface area contributed by atoms with Crippen LogP contribution in [-0.4, -0.2) is 77.9 Å². The molecule has 79 heavy (non-hydrogen) atoms. The minimum Gasteiger partial charge on any atom is -0.508 e. The Labute approximate surface area is 458 Å². The lowest BCUT2D eigenvalue weighted by Crippen LogP contribution is -2.13. The van der Waals surface area contributed by atoms with Gasteiger partial charge in [0.15, 0.2) is 0 Å². The van der Waals surface area contributed by atoms with E-state index < -0.39 is 0 Å². The fourth-order valence-corrected chi connectivity index (χ4v) is 10.2. The van der Waals surface area contributed by atoms with Crippen molar-refractivity contribution < 1.29 is 38.3 Å². The van der Waals surface area contributed by atoms with Gasteiger partial charge >= 0.3 is 0 Å². The zero-order chi connectivity index (χ0) is 53.8. The third-order valence-corrected chi connectivity index (χ3v) is 14.3. The van der Waals surface area contributed by atoms with Gasteiger partial charge in [0.25, 0.3) is 0 Å². The molecule has 0 amide bonds. The first kappa shape index (κ1) is 50.7. The summed E-state index contributed by atoms with van der Waals surface area (Å²) in [5.74, 6) is 3.75. The van der Waals surface area contributed by atoms with Gasteiger partial charge in [-0.05, 0) is 140 Å². The van der Waals surface area contributed by atoms with Crippen molar-refractivity contribution in [1.82, 2.24) is 19.9 Å². The Bertz CT molecular complexity index is 3870. The summed E-state index contributed by atoms with van der Waals surface area (Å²) < 4.78 is 42.8. The van der Waals surface area contributed by atoms with Gasteiger partial charge in [0.1, 0.15) is 67.5 Å². The van der Waals surface area contributed by atoms with Gasteiger partial charge in [-0.1, -0.05) is 72.8 Å². The van der Waals surface area contributed by atoms with E-state index in [1.165, 1.54) is 0 Å². The Kier molecular flexibility index (Phi) is 14.4. The molecule has 6 aliphatic heterocycles. The molecule has 4 aromatic heterocycles. The van der Waals surface area contributed by atoms with E-state index in [1.807, 2.05) is 94.4 Å². The van der Waals surface area contributed by atoms with Crippen LogP contribution < -0.4 is 23.7 Å². The van der Waals surface area contributed by atoms with Gasteiger partial charge in [-0.3, -0.25) is 19.9 Å². The highest BCUT2D eigenvalue weighted by Gasteiger charge is 2.16. The van der Waals surface area contributed by atoms with Gasteiger partial charge < -0.3 is 38.3 Å². The predicted octanol–water partition coefficient (Wildman–Crippen LogP) is 14.3. The number of aromatic hydroxyl groups is 1. The summed E-state index contributed by atoms with van der Waals surface area (Å²) in [6, 6.07) is 54.5. The fraction of sp³-hybridized carbons (Fsp3) is 0.194. The van der Waals surface area contributed by atoms with Crippen LogP contribution >= 0.6 is 0 Å². The number of phenolic OH excluding ortho intramolecular Hbond substituents is 1. The van der Waals surface area contributed by atoms with Crippen molar-refractivity contribution in [2.45, 2.75) is 34.3 Å². The molecule has 7 aromatic carbocycles. The molecule has 12 heteroatoms. The summed E-state index contributed by atoms with van der Waals surface area (Å²) in [6.07, 6.45) is 0. The highest BCUT2D eigenvalue weighted by molar-refractivity contribution is 6.06. The van der Waals surface area contributed by atoms with Crippen molar-refractivity contribution in [2.24, 2.45) is 0 Å². The predicted molar refractivity (Wildman–Crippen MR) is 311 cm³/mol. The third-order valence-electron chi connectivity index (χ3n) is 14.3. The Morgan fingerprint density at radius 2 is 0.671 bits per heavy atom. The lowest BCUT2D eigenvalue weighted by atomic mass is 9.98. The molecule has 11 aromatic rings. The quantitative estimate of drug-likeness (QED) is 0.164. The Balaban J connectivity index is 0.715. The standard InChI is InChI=1S/C67H58N4O8/c1-41-60(46-9-17-54(72)18-10-46)35-50-5-6-53-38-63(44(4)71-65(53)64(50)68-41)49-15-23-57(24-16-49)79-40-45-33-58-39-59(34-45)78-32-28-74-26-30-76-56-21-13-48(14-22-56)62-37-52-8-7-51-36-61(42(2)69-66(51)67(52)70-43(62)3)47-11-19-55(20-12-47)75-29-25-73-27-31-77-58/h5-24,33-39,72H,25-32,40H2,1-4H3. The first-order chi connectivity index (χ1) is 38.6. The van der Waals surface area contributed by atoms with Gasteiger partial charge in [0.2, 0.25) is 0 Å². The molecule has 0 aliphatic carbocycles. The van der Waals surface area contributed by atoms with Crippen LogP contribution in [0.25, 0.3) is 88.1 Å². The van der Waals surface area contributed by atoms with E-state index in [0.717, 1.165) is 134 Å². The number of hydrogen-bond acceptors (Lipinski definition) is 12. The SMILES string of the molecule is Cc1nc2c(ccc3cc(-c4ccc(OCc5cc6cc(c5)OCCOCCOc5ccc(cc5)-c5cc7ccc8cc(c(C)nc8c7nc5C)-c5ccc(cc5)OCCOCCO6)cc4)c(C)nc32)cc1-c1ccc(O)cc1. The van der Waals surface area contributed by atoms with Crippen LogP contribution in [0.1, 0.15) is 28.3 Å². The average Bonchev–Trinajstić information content (AvgIpc) is 3.57. The monoisotopic (exact) mass is 1050 g/mol. The molecule has 394 valence electrons. The first-order valence-electron chi connectivity index (χ1n) is 26.6. The topological polar surface area (TPSA) is 136 Å². The number of aryl methyl sites for hydroxylation is 4. The van der Waals surface area contributed by atoms with E-state index in [1.54, 1.807) is 12.1 Å². The molecular weight excluding hydrogens is 989 g/mol. The van der Waals surface area contributed by atoms with Gasteiger partial charge in [0, 0.05) is 72.6 Å². The molecule has 0 unspecified atom stereocenters. The highest BCUT2D eigenvalue weighted by Crippen LogP contribution is 2.37. The zero-order valence-electron chi connectivity index (χ0n) is 44.5. The van der Waals surface area contributed by atoms with Crippen molar-refractivity contribution in [2.75, 3.05) is 52.9 Å². The Hall–Kier alpha value is -9.10. The van der Waals surface area contributed by atoms with E-state index in [2.05, 4.69) is 84.9 Å². The maximum absolute atomic E-state index is 9.82.